The van der Waals surface area contributed by atoms with Gasteiger partial charge in [-0.25, -0.2) is 0 Å². The quantitative estimate of drug-likeness (QED) is 0.526. The number of ketones is 1. The number of Topliss-reactive ketones (excluding diaryl/α,β-unsaturated/α-hetero) is 1. The first-order valence-electron chi connectivity index (χ1n) is 11.8. The molecule has 2 saturated carbocycles. The van der Waals surface area contributed by atoms with Crippen molar-refractivity contribution >= 4 is 16.9 Å². The maximum absolute atomic E-state index is 14.4. The molecule has 154 valence electrons. The highest BCUT2D eigenvalue weighted by atomic mass is 16.1. The fourth-order valence-corrected chi connectivity index (χ4v) is 8.82. The highest BCUT2D eigenvalue weighted by molar-refractivity contribution is 6.23. The minimum absolute atomic E-state index is 0.403. The van der Waals surface area contributed by atoms with Crippen molar-refractivity contribution in [2.45, 2.75) is 20.8 Å². The van der Waals surface area contributed by atoms with Crippen LogP contribution in [0.1, 0.15) is 31.9 Å². The normalized spacial score (nSPS) is 43.6. The zero-order chi connectivity index (χ0) is 21.1. The largest absolute Gasteiger partial charge is 0.298 e. The van der Waals surface area contributed by atoms with Crippen molar-refractivity contribution in [3.05, 3.63) is 95.6 Å². The van der Waals surface area contributed by atoms with Gasteiger partial charge in [-0.3, -0.25) is 4.79 Å². The molecule has 6 aliphatic rings. The lowest BCUT2D eigenvalue weighted by molar-refractivity contribution is -0.127. The first kappa shape index (κ1) is 18.0. The molecular formula is C30H28O. The van der Waals surface area contributed by atoms with Gasteiger partial charge in [0.1, 0.15) is 0 Å². The highest BCUT2D eigenvalue weighted by Gasteiger charge is 2.81. The molecular weight excluding hydrogens is 376 g/mol. The first-order valence-corrected chi connectivity index (χ1v) is 11.8. The van der Waals surface area contributed by atoms with Crippen molar-refractivity contribution in [3.63, 3.8) is 0 Å². The molecule has 1 nitrogen and oxygen atoms in total. The summed E-state index contributed by atoms with van der Waals surface area (Å²) in [6.07, 6.45) is 7.37. The third-order valence-corrected chi connectivity index (χ3v) is 9.73. The van der Waals surface area contributed by atoms with E-state index in [1.54, 1.807) is 0 Å². The summed E-state index contributed by atoms with van der Waals surface area (Å²) in [4.78, 5) is 14.4. The molecule has 0 spiro atoms. The second-order valence-electron chi connectivity index (χ2n) is 10.8. The molecule has 8 atom stereocenters. The Hall–Kier alpha value is -2.67. The Balaban J connectivity index is 1.52. The van der Waals surface area contributed by atoms with E-state index in [9.17, 15) is 4.79 Å². The lowest BCUT2D eigenvalue weighted by atomic mass is 9.37. The Morgan fingerprint density at radius 3 is 1.74 bits per heavy atom. The van der Waals surface area contributed by atoms with E-state index >= 15 is 0 Å². The lowest BCUT2D eigenvalue weighted by Gasteiger charge is -2.65. The molecule has 2 aromatic carbocycles. The number of allylic oxidation sites excluding steroid dienone is 6. The Morgan fingerprint density at radius 2 is 1.23 bits per heavy atom. The van der Waals surface area contributed by atoms with Crippen LogP contribution in [0.3, 0.4) is 0 Å². The van der Waals surface area contributed by atoms with Crippen molar-refractivity contribution in [1.29, 1.82) is 0 Å². The third-order valence-electron chi connectivity index (χ3n) is 9.73. The van der Waals surface area contributed by atoms with Crippen molar-refractivity contribution in [2.75, 3.05) is 0 Å². The summed E-state index contributed by atoms with van der Waals surface area (Å²) in [6, 6.07) is 21.5. The van der Waals surface area contributed by atoms with Crippen LogP contribution >= 0.6 is 0 Å². The van der Waals surface area contributed by atoms with Crippen LogP contribution in [0.4, 0.5) is 0 Å². The van der Waals surface area contributed by atoms with Gasteiger partial charge in [0.15, 0.2) is 5.78 Å². The summed E-state index contributed by atoms with van der Waals surface area (Å²) < 4.78 is 0. The van der Waals surface area contributed by atoms with Crippen molar-refractivity contribution in [3.8, 4) is 0 Å². The van der Waals surface area contributed by atoms with E-state index in [4.69, 9.17) is 0 Å². The number of carbonyl (C=O) groups excluding carboxylic acids is 1. The molecule has 0 radical (unpaired) electrons. The Morgan fingerprint density at radius 1 is 0.710 bits per heavy atom. The van der Waals surface area contributed by atoms with E-state index in [0.29, 0.717) is 41.3 Å². The van der Waals surface area contributed by atoms with Gasteiger partial charge in [0.05, 0.1) is 10.8 Å². The number of fused-ring (bicyclic) bond motifs is 5. The Bertz CT molecular complexity index is 1220. The summed E-state index contributed by atoms with van der Waals surface area (Å²) in [5.41, 5.74) is 5.78. The fourth-order valence-electron chi connectivity index (χ4n) is 8.82. The molecule has 0 heterocycles. The van der Waals surface area contributed by atoms with E-state index in [2.05, 4.69) is 99.7 Å². The number of rotatable bonds is 2. The number of hydrogen-bond donors (Lipinski definition) is 0. The van der Waals surface area contributed by atoms with Crippen LogP contribution < -0.4 is 0 Å². The standard InChI is InChI=1S/C30H28O/c1-17-16-20-14-15-21(17)23-22(20)26-27(23)30(3)25(19-12-8-5-9-13-19)24(29(26,2)28(30)31)18-10-6-4-7-11-18/h4-16,20-23,26-27H,1-3H3. The summed E-state index contributed by atoms with van der Waals surface area (Å²) in [5.74, 6) is 3.59. The molecule has 1 heteroatoms. The maximum atomic E-state index is 14.4. The maximum Gasteiger partial charge on any atom is 0.153 e. The average molecular weight is 405 g/mol. The second-order valence-corrected chi connectivity index (χ2v) is 10.8. The summed E-state index contributed by atoms with van der Waals surface area (Å²) in [7, 11) is 0. The fraction of sp³-hybridized carbons (Fsp3) is 0.367. The summed E-state index contributed by atoms with van der Waals surface area (Å²) in [6.45, 7) is 6.88. The molecule has 8 rings (SSSR count). The topological polar surface area (TPSA) is 17.1 Å². The van der Waals surface area contributed by atoms with E-state index in [-0.39, 0.29) is 0 Å². The molecule has 2 fully saturated rings. The summed E-state index contributed by atoms with van der Waals surface area (Å²) in [5, 5.41) is 0. The number of benzene rings is 2. The van der Waals surface area contributed by atoms with Gasteiger partial charge >= 0.3 is 0 Å². The smallest absolute Gasteiger partial charge is 0.153 e. The van der Waals surface area contributed by atoms with Gasteiger partial charge in [0.2, 0.25) is 0 Å². The van der Waals surface area contributed by atoms with Gasteiger partial charge < -0.3 is 0 Å². The molecule has 0 saturated heterocycles. The van der Waals surface area contributed by atoms with Gasteiger partial charge in [-0.15, -0.1) is 0 Å². The van der Waals surface area contributed by atoms with E-state index in [1.165, 1.54) is 27.8 Å². The Kier molecular flexibility index (Phi) is 3.23. The van der Waals surface area contributed by atoms with Crippen molar-refractivity contribution in [1.82, 2.24) is 0 Å². The zero-order valence-electron chi connectivity index (χ0n) is 18.4. The molecule has 8 unspecified atom stereocenters. The highest BCUT2D eigenvalue weighted by Crippen LogP contribution is 2.82. The molecule has 6 aliphatic carbocycles. The first-order chi connectivity index (χ1) is 15.0. The van der Waals surface area contributed by atoms with Crippen molar-refractivity contribution < 1.29 is 4.79 Å². The van der Waals surface area contributed by atoms with Crippen LogP contribution in [0.15, 0.2) is 84.5 Å². The number of carbonyl (C=O) groups is 1. The van der Waals surface area contributed by atoms with Gasteiger partial charge in [-0.2, -0.15) is 0 Å². The van der Waals surface area contributed by atoms with Gasteiger partial charge in [0, 0.05) is 5.92 Å². The third kappa shape index (κ3) is 1.81. The van der Waals surface area contributed by atoms with E-state index in [0.717, 1.165) is 0 Å². The van der Waals surface area contributed by atoms with Gasteiger partial charge in [0.25, 0.3) is 0 Å². The molecule has 0 amide bonds. The molecule has 0 aromatic heterocycles. The average Bonchev–Trinajstić information content (AvgIpc) is 3.03. The van der Waals surface area contributed by atoms with Crippen LogP contribution in [-0.4, -0.2) is 5.78 Å². The van der Waals surface area contributed by atoms with E-state index in [1.807, 2.05) is 0 Å². The molecule has 0 aliphatic heterocycles. The van der Waals surface area contributed by atoms with Gasteiger partial charge in [-0.1, -0.05) is 84.5 Å². The van der Waals surface area contributed by atoms with Crippen molar-refractivity contribution in [2.24, 2.45) is 46.3 Å². The van der Waals surface area contributed by atoms with Crippen LogP contribution in [0.2, 0.25) is 0 Å². The molecule has 0 N–H and O–H groups in total. The minimum atomic E-state index is -0.404. The van der Waals surface area contributed by atoms with Gasteiger partial charge in [-0.05, 0) is 72.6 Å². The zero-order valence-corrected chi connectivity index (χ0v) is 18.4. The molecule has 31 heavy (non-hydrogen) atoms. The molecule has 4 bridgehead atoms. The SMILES string of the molecule is CC1=CC2C=CC1C1C2C2C1C1(C)C(=O)C2(C)C(c2ccccc2)=C1c1ccccc1. The Labute approximate surface area is 184 Å². The minimum Gasteiger partial charge on any atom is -0.298 e. The summed E-state index contributed by atoms with van der Waals surface area (Å²) >= 11 is 0. The number of hydrogen-bond acceptors (Lipinski definition) is 1. The van der Waals surface area contributed by atoms with E-state index < -0.39 is 10.8 Å². The monoisotopic (exact) mass is 404 g/mol. The van der Waals surface area contributed by atoms with Crippen LogP contribution in [0.25, 0.3) is 11.1 Å². The van der Waals surface area contributed by atoms with Crippen LogP contribution in [-0.2, 0) is 4.79 Å². The predicted octanol–water partition coefficient (Wildman–Crippen LogP) is 6.45. The molecule has 2 aromatic rings. The predicted molar refractivity (Wildman–Crippen MR) is 125 cm³/mol. The van der Waals surface area contributed by atoms with Crippen LogP contribution in [0.5, 0.6) is 0 Å². The van der Waals surface area contributed by atoms with Crippen LogP contribution in [0, 0.1) is 46.3 Å². The lowest BCUT2D eigenvalue weighted by Crippen LogP contribution is -2.61. The second kappa shape index (κ2) is 5.57.